The minimum atomic E-state index is -3.28. The fourth-order valence-electron chi connectivity index (χ4n) is 2.53. The fourth-order valence-corrected chi connectivity index (χ4v) is 3.38. The molecule has 0 radical (unpaired) electrons. The molecule has 1 amide bonds. The summed E-state index contributed by atoms with van der Waals surface area (Å²) in [6.45, 7) is 5.06. The molecule has 7 nitrogen and oxygen atoms in total. The van der Waals surface area contributed by atoms with Gasteiger partial charge in [0.25, 0.3) is 5.91 Å². The molecule has 0 saturated carbocycles. The molecule has 0 fully saturated rings. The summed E-state index contributed by atoms with van der Waals surface area (Å²) in [7, 11) is -3.28. The number of carbonyl (C=O) groups is 1. The molecule has 156 valence electrons. The van der Waals surface area contributed by atoms with Crippen LogP contribution in [0, 0.1) is 12.7 Å². The molecule has 1 heterocycles. The maximum absolute atomic E-state index is 14.1. The number of nitrogens with zero attached hydrogens (tertiary/aromatic N) is 2. The topological polar surface area (TPSA) is 101 Å². The number of amides is 1. The number of carbonyl (C=O) groups excluding carboxylic acids is 1. The molecule has 1 aromatic carbocycles. The first-order chi connectivity index (χ1) is 13.5. The molecule has 0 bridgehead atoms. The Morgan fingerprint density at radius 2 is 2.00 bits per heavy atom. The number of aromatic nitrogens is 2. The van der Waals surface area contributed by atoms with Crippen molar-refractivity contribution in [3.8, 4) is 0 Å². The lowest BCUT2D eigenvalue weighted by Crippen LogP contribution is -2.32. The summed E-state index contributed by atoms with van der Waals surface area (Å²) in [5.74, 6) is -1.04. The molecule has 0 saturated heterocycles. The number of hydrogen-bond acceptors (Lipinski definition) is 6. The highest BCUT2D eigenvalue weighted by Crippen LogP contribution is 2.28. The van der Waals surface area contributed by atoms with Gasteiger partial charge in [-0.25, -0.2) is 22.8 Å². The van der Waals surface area contributed by atoms with Crippen LogP contribution < -0.4 is 10.6 Å². The van der Waals surface area contributed by atoms with Gasteiger partial charge in [0, 0.05) is 28.3 Å². The Bertz CT molecular complexity index is 1020. The molecule has 0 aliphatic heterocycles. The molecule has 0 unspecified atom stereocenters. The Kier molecular flexibility index (Phi) is 7.32. The number of halogens is 2. The van der Waals surface area contributed by atoms with Crippen molar-refractivity contribution < 1.29 is 17.6 Å². The molecule has 29 heavy (non-hydrogen) atoms. The zero-order chi connectivity index (χ0) is 21.8. The van der Waals surface area contributed by atoms with E-state index in [0.717, 1.165) is 11.7 Å². The van der Waals surface area contributed by atoms with Crippen molar-refractivity contribution in [3.05, 3.63) is 63.8 Å². The molecule has 2 N–H and O–H groups in total. The number of hydrogen-bond donors (Lipinski definition) is 2. The van der Waals surface area contributed by atoms with E-state index in [-0.39, 0.29) is 5.82 Å². The van der Waals surface area contributed by atoms with E-state index in [1.165, 1.54) is 24.4 Å². The summed E-state index contributed by atoms with van der Waals surface area (Å²) in [6.07, 6.45) is 3.85. The summed E-state index contributed by atoms with van der Waals surface area (Å²) < 4.78 is 36.4. The van der Waals surface area contributed by atoms with Crippen LogP contribution in [0.2, 0.25) is 5.02 Å². The Hall–Kier alpha value is -2.52. The van der Waals surface area contributed by atoms with Crippen molar-refractivity contribution in [1.29, 1.82) is 0 Å². The molecule has 1 aromatic heterocycles. The lowest BCUT2D eigenvalue weighted by molar-refractivity contribution is 0.0936. The Labute approximate surface area is 174 Å². The number of rotatable bonds is 7. The maximum atomic E-state index is 14.1. The fraction of sp³-hybridized carbons (Fsp3) is 0.316. The number of anilines is 1. The van der Waals surface area contributed by atoms with E-state index in [1.54, 1.807) is 26.8 Å². The lowest BCUT2D eigenvalue weighted by atomic mass is 10.1. The van der Waals surface area contributed by atoms with Crippen molar-refractivity contribution in [2.75, 3.05) is 11.6 Å². The molecule has 0 aliphatic carbocycles. The van der Waals surface area contributed by atoms with Crippen LogP contribution in [0.4, 0.5) is 10.1 Å². The molecule has 2 rings (SSSR count). The number of benzene rings is 1. The second-order valence-electron chi connectivity index (χ2n) is 6.61. The van der Waals surface area contributed by atoms with Gasteiger partial charge in [-0.2, -0.15) is 0 Å². The molecule has 0 aliphatic rings. The number of nitrogens with one attached hydrogen (secondary N) is 2. The van der Waals surface area contributed by atoms with Crippen LogP contribution in [0.1, 0.15) is 41.8 Å². The Balaban J connectivity index is 2.12. The summed E-state index contributed by atoms with van der Waals surface area (Å²) in [5.41, 5.74) is 1.34. The number of aryl methyl sites for hydroxylation is 1. The monoisotopic (exact) mass is 440 g/mol. The molecular formula is C19H22ClFN4O3S. The average Bonchev–Trinajstić information content (AvgIpc) is 2.61. The minimum absolute atomic E-state index is 0.0655. The average molecular weight is 441 g/mol. The van der Waals surface area contributed by atoms with Crippen molar-refractivity contribution in [2.24, 2.45) is 0 Å². The zero-order valence-corrected chi connectivity index (χ0v) is 18.0. The zero-order valence-electron chi connectivity index (χ0n) is 16.4. The van der Waals surface area contributed by atoms with Crippen LogP contribution in [-0.2, 0) is 9.84 Å². The van der Waals surface area contributed by atoms with Gasteiger partial charge in [0.15, 0.2) is 9.84 Å². The third-order valence-corrected chi connectivity index (χ3v) is 4.94. The van der Waals surface area contributed by atoms with Gasteiger partial charge in [-0.05, 0) is 32.9 Å². The first kappa shape index (κ1) is 22.8. The second-order valence-corrected chi connectivity index (χ2v) is 8.95. The Morgan fingerprint density at radius 1 is 1.31 bits per heavy atom. The quantitative estimate of drug-likeness (QED) is 0.684. The van der Waals surface area contributed by atoms with Crippen LogP contribution >= 0.6 is 11.6 Å². The normalized spacial score (nSPS) is 13.9. The molecule has 2 aromatic rings. The molecular weight excluding hydrogens is 419 g/mol. The highest BCUT2D eigenvalue weighted by Gasteiger charge is 2.17. The van der Waals surface area contributed by atoms with Gasteiger partial charge in [0.1, 0.15) is 5.82 Å². The smallest absolute Gasteiger partial charge is 0.289 e. The Morgan fingerprint density at radius 3 is 2.59 bits per heavy atom. The van der Waals surface area contributed by atoms with Gasteiger partial charge >= 0.3 is 0 Å². The van der Waals surface area contributed by atoms with Crippen molar-refractivity contribution in [3.63, 3.8) is 0 Å². The van der Waals surface area contributed by atoms with Crippen LogP contribution in [0.5, 0.6) is 0 Å². The van der Waals surface area contributed by atoms with Crippen LogP contribution in [-0.4, -0.2) is 36.6 Å². The largest absolute Gasteiger partial charge is 0.376 e. The van der Waals surface area contributed by atoms with E-state index in [1.807, 2.05) is 0 Å². The summed E-state index contributed by atoms with van der Waals surface area (Å²) >= 11 is 6.09. The second kappa shape index (κ2) is 9.32. The first-order valence-corrected chi connectivity index (χ1v) is 11.0. The standard InChI is InChI=1S/C19H22ClFN4O3S/c1-11(8-9-29(4,27)28)23-19(26)18-22-10-16(12(2)25-18)24-13(3)17-14(20)6-5-7-15(17)21/h5-11,13,24H,1-4H3,(H,23,26)/b9-8+/t11-,13+/m1/s1. The highest BCUT2D eigenvalue weighted by molar-refractivity contribution is 7.93. The third kappa shape index (κ3) is 6.50. The predicted octanol–water partition coefficient (Wildman–Crippen LogP) is 3.43. The molecule has 2 atom stereocenters. The number of sulfone groups is 1. The first-order valence-electron chi connectivity index (χ1n) is 8.71. The summed E-state index contributed by atoms with van der Waals surface area (Å²) in [5, 5.41) is 7.01. The third-order valence-electron chi connectivity index (χ3n) is 3.96. The van der Waals surface area contributed by atoms with Crippen LogP contribution in [0.3, 0.4) is 0 Å². The van der Waals surface area contributed by atoms with E-state index < -0.39 is 33.6 Å². The SMILES string of the molecule is Cc1nc(C(=O)N[C@H](C)/C=C/S(C)(=O)=O)ncc1N[C@@H](C)c1c(F)cccc1Cl. The lowest BCUT2D eigenvalue weighted by Gasteiger charge is -2.19. The van der Waals surface area contributed by atoms with Gasteiger partial charge in [0.2, 0.25) is 5.82 Å². The maximum Gasteiger partial charge on any atom is 0.289 e. The van der Waals surface area contributed by atoms with Crippen molar-refractivity contribution in [1.82, 2.24) is 15.3 Å². The summed E-state index contributed by atoms with van der Waals surface area (Å²) in [6, 6.07) is 3.49. The van der Waals surface area contributed by atoms with E-state index in [0.29, 0.717) is 22.0 Å². The van der Waals surface area contributed by atoms with Gasteiger partial charge in [0.05, 0.1) is 23.6 Å². The van der Waals surface area contributed by atoms with E-state index >= 15 is 0 Å². The van der Waals surface area contributed by atoms with Crippen LogP contribution in [0.15, 0.2) is 35.9 Å². The summed E-state index contributed by atoms with van der Waals surface area (Å²) in [4.78, 5) is 20.5. The highest BCUT2D eigenvalue weighted by atomic mass is 35.5. The predicted molar refractivity (Wildman–Crippen MR) is 111 cm³/mol. The molecule has 10 heteroatoms. The van der Waals surface area contributed by atoms with Gasteiger partial charge in [-0.15, -0.1) is 0 Å². The van der Waals surface area contributed by atoms with E-state index in [2.05, 4.69) is 20.6 Å². The van der Waals surface area contributed by atoms with Gasteiger partial charge in [-0.1, -0.05) is 23.7 Å². The van der Waals surface area contributed by atoms with E-state index in [4.69, 9.17) is 11.6 Å². The minimum Gasteiger partial charge on any atom is -0.376 e. The molecule has 0 spiro atoms. The van der Waals surface area contributed by atoms with E-state index in [9.17, 15) is 17.6 Å². The van der Waals surface area contributed by atoms with Crippen LogP contribution in [0.25, 0.3) is 0 Å². The van der Waals surface area contributed by atoms with Crippen molar-refractivity contribution >= 4 is 33.0 Å². The van der Waals surface area contributed by atoms with Gasteiger partial charge < -0.3 is 10.6 Å². The van der Waals surface area contributed by atoms with Crippen molar-refractivity contribution in [2.45, 2.75) is 32.9 Å². The van der Waals surface area contributed by atoms with Gasteiger partial charge in [-0.3, -0.25) is 4.79 Å².